The van der Waals surface area contributed by atoms with Gasteiger partial charge in [0.25, 0.3) is 0 Å². The van der Waals surface area contributed by atoms with Crippen LogP contribution in [-0.2, 0) is 12.0 Å². The van der Waals surface area contributed by atoms with Gasteiger partial charge in [-0.3, -0.25) is 10.1 Å². The fraction of sp³-hybridized carbons (Fsp3) is 0.316. The molecule has 0 saturated heterocycles. The Kier molecular flexibility index (Phi) is 4.62. The molecule has 1 aromatic carbocycles. The van der Waals surface area contributed by atoms with Crippen molar-refractivity contribution in [2.24, 2.45) is 4.99 Å². The Hall–Kier alpha value is -3.16. The third-order valence-corrected chi connectivity index (χ3v) is 4.81. The summed E-state index contributed by atoms with van der Waals surface area (Å²) in [6.45, 7) is 1.06. The van der Waals surface area contributed by atoms with Crippen LogP contribution >= 0.6 is 0 Å². The molecule has 3 N–H and O–H groups in total. The first kappa shape index (κ1) is 17.3. The number of nitrogens with one attached hydrogen (secondary N) is 3. The van der Waals surface area contributed by atoms with Gasteiger partial charge in [0.15, 0.2) is 11.7 Å². The van der Waals surface area contributed by atoms with E-state index in [0.717, 1.165) is 18.4 Å². The highest BCUT2D eigenvalue weighted by Crippen LogP contribution is 2.48. The van der Waals surface area contributed by atoms with Gasteiger partial charge >= 0.3 is 0 Å². The second-order valence-corrected chi connectivity index (χ2v) is 6.62. The quantitative estimate of drug-likeness (QED) is 0.460. The summed E-state index contributed by atoms with van der Waals surface area (Å²) < 4.78 is 19.4. The van der Waals surface area contributed by atoms with Gasteiger partial charge in [-0.1, -0.05) is 18.2 Å². The second-order valence-electron chi connectivity index (χ2n) is 6.62. The highest BCUT2D eigenvalue weighted by atomic mass is 19.1. The topological polar surface area (TPSA) is 91.1 Å². The second kappa shape index (κ2) is 7.22. The number of nitrogens with zero attached hydrogens (tertiary/aromatic N) is 3. The Bertz CT molecular complexity index is 929. The molecule has 2 aromatic heterocycles. The van der Waals surface area contributed by atoms with E-state index in [0.29, 0.717) is 36.5 Å². The molecule has 0 bridgehead atoms. The van der Waals surface area contributed by atoms with Crippen molar-refractivity contribution < 1.29 is 8.81 Å². The lowest BCUT2D eigenvalue weighted by Crippen LogP contribution is -2.41. The van der Waals surface area contributed by atoms with Crippen LogP contribution in [0.2, 0.25) is 0 Å². The van der Waals surface area contributed by atoms with Gasteiger partial charge < -0.3 is 15.1 Å². The first-order chi connectivity index (χ1) is 13.2. The standard InChI is InChI=1S/C19H21FN6O/c1-21-18(22-11-16-24-17(26-25-16)15-7-4-10-27-15)23-12-19(8-9-19)13-5-2-3-6-14(13)20/h2-7,10H,8-9,11-12H2,1H3,(H2,21,22,23)(H,24,25,26). The highest BCUT2D eigenvalue weighted by molar-refractivity contribution is 5.79. The monoisotopic (exact) mass is 368 g/mol. The average Bonchev–Trinajstić information content (AvgIpc) is 3.09. The van der Waals surface area contributed by atoms with Crippen molar-refractivity contribution in [3.63, 3.8) is 0 Å². The number of furan rings is 1. The molecule has 1 saturated carbocycles. The lowest BCUT2D eigenvalue weighted by Gasteiger charge is -2.19. The number of halogens is 1. The first-order valence-electron chi connectivity index (χ1n) is 8.85. The fourth-order valence-corrected chi connectivity index (χ4v) is 3.11. The summed E-state index contributed by atoms with van der Waals surface area (Å²) in [6.07, 6.45) is 3.51. The molecule has 2 heterocycles. The minimum atomic E-state index is -0.151. The smallest absolute Gasteiger partial charge is 0.216 e. The number of benzene rings is 1. The number of H-pyrrole nitrogens is 1. The van der Waals surface area contributed by atoms with Crippen LogP contribution in [0.1, 0.15) is 24.2 Å². The Morgan fingerprint density at radius 1 is 1.26 bits per heavy atom. The molecule has 1 aliphatic carbocycles. The summed E-state index contributed by atoms with van der Waals surface area (Å²) >= 11 is 0. The minimum Gasteiger partial charge on any atom is -0.461 e. The zero-order valence-electron chi connectivity index (χ0n) is 15.0. The molecule has 0 unspecified atom stereocenters. The van der Waals surface area contributed by atoms with Gasteiger partial charge in [0.2, 0.25) is 5.82 Å². The summed E-state index contributed by atoms with van der Waals surface area (Å²) in [4.78, 5) is 8.61. The Labute approximate surface area is 156 Å². The van der Waals surface area contributed by atoms with Crippen molar-refractivity contribution in [2.75, 3.05) is 13.6 Å². The van der Waals surface area contributed by atoms with Gasteiger partial charge in [0, 0.05) is 19.0 Å². The number of aromatic nitrogens is 3. The van der Waals surface area contributed by atoms with Crippen LogP contribution in [0.15, 0.2) is 52.1 Å². The lowest BCUT2D eigenvalue weighted by molar-refractivity contribution is 0.559. The Morgan fingerprint density at radius 2 is 2.11 bits per heavy atom. The maximum atomic E-state index is 14.1. The third-order valence-electron chi connectivity index (χ3n) is 4.81. The van der Waals surface area contributed by atoms with Crippen LogP contribution in [0.3, 0.4) is 0 Å². The van der Waals surface area contributed by atoms with Gasteiger partial charge in [-0.05, 0) is 36.6 Å². The largest absolute Gasteiger partial charge is 0.461 e. The Balaban J connectivity index is 1.33. The molecule has 1 fully saturated rings. The van der Waals surface area contributed by atoms with E-state index < -0.39 is 0 Å². The zero-order valence-corrected chi connectivity index (χ0v) is 15.0. The van der Waals surface area contributed by atoms with Crippen molar-refractivity contribution >= 4 is 5.96 Å². The Morgan fingerprint density at radius 3 is 2.81 bits per heavy atom. The average molecular weight is 368 g/mol. The van der Waals surface area contributed by atoms with Crippen molar-refractivity contribution in [1.29, 1.82) is 0 Å². The van der Waals surface area contributed by atoms with E-state index in [1.54, 1.807) is 31.5 Å². The first-order valence-corrected chi connectivity index (χ1v) is 8.85. The summed E-state index contributed by atoms with van der Waals surface area (Å²) in [6, 6.07) is 10.6. The van der Waals surface area contributed by atoms with Gasteiger partial charge in [0.05, 0.1) is 12.8 Å². The molecule has 8 heteroatoms. The van der Waals surface area contributed by atoms with Crippen LogP contribution < -0.4 is 10.6 Å². The van der Waals surface area contributed by atoms with Crippen LogP contribution in [0.5, 0.6) is 0 Å². The molecular formula is C19H21FN6O. The predicted molar refractivity (Wildman–Crippen MR) is 99.6 cm³/mol. The van der Waals surface area contributed by atoms with E-state index in [4.69, 9.17) is 4.42 Å². The van der Waals surface area contributed by atoms with Crippen molar-refractivity contribution in [3.8, 4) is 11.6 Å². The summed E-state index contributed by atoms with van der Waals surface area (Å²) in [7, 11) is 1.70. The fourth-order valence-electron chi connectivity index (χ4n) is 3.11. The number of hydrogen-bond donors (Lipinski definition) is 3. The van der Waals surface area contributed by atoms with E-state index in [2.05, 4.69) is 30.8 Å². The SMILES string of the molecule is CN=C(NCc1nc(-c2ccco2)n[nH]1)NCC1(c2ccccc2F)CC1. The zero-order chi connectivity index (χ0) is 18.7. The number of guanidine groups is 1. The van der Waals surface area contributed by atoms with Gasteiger partial charge in [-0.2, -0.15) is 0 Å². The van der Waals surface area contributed by atoms with Crippen LogP contribution in [0.4, 0.5) is 4.39 Å². The lowest BCUT2D eigenvalue weighted by atomic mass is 9.95. The van der Waals surface area contributed by atoms with Gasteiger partial charge in [0.1, 0.15) is 11.6 Å². The van der Waals surface area contributed by atoms with E-state index >= 15 is 0 Å². The van der Waals surface area contributed by atoms with E-state index in [1.165, 1.54) is 6.07 Å². The molecular weight excluding hydrogens is 347 g/mol. The van der Waals surface area contributed by atoms with Crippen molar-refractivity contribution in [3.05, 3.63) is 59.9 Å². The molecule has 3 aromatic rings. The number of aromatic amines is 1. The molecule has 0 atom stereocenters. The van der Waals surface area contributed by atoms with Gasteiger partial charge in [-0.15, -0.1) is 5.10 Å². The van der Waals surface area contributed by atoms with Crippen LogP contribution in [0, 0.1) is 5.82 Å². The maximum absolute atomic E-state index is 14.1. The summed E-state index contributed by atoms with van der Waals surface area (Å²) in [5.41, 5.74) is 0.619. The van der Waals surface area contributed by atoms with Crippen LogP contribution in [-0.4, -0.2) is 34.7 Å². The molecule has 7 nitrogen and oxygen atoms in total. The molecule has 0 amide bonds. The van der Waals surface area contributed by atoms with Crippen molar-refractivity contribution in [1.82, 2.24) is 25.8 Å². The van der Waals surface area contributed by atoms with Crippen LogP contribution in [0.25, 0.3) is 11.6 Å². The normalized spacial score (nSPS) is 15.6. The van der Waals surface area contributed by atoms with E-state index in [-0.39, 0.29) is 11.2 Å². The van der Waals surface area contributed by atoms with Crippen molar-refractivity contribution in [2.45, 2.75) is 24.8 Å². The van der Waals surface area contributed by atoms with E-state index in [1.807, 2.05) is 12.1 Å². The molecule has 1 aliphatic rings. The van der Waals surface area contributed by atoms with E-state index in [9.17, 15) is 4.39 Å². The molecule has 0 aliphatic heterocycles. The van der Waals surface area contributed by atoms with Gasteiger partial charge in [-0.25, -0.2) is 9.37 Å². The summed E-state index contributed by atoms with van der Waals surface area (Å²) in [5.74, 6) is 2.27. The predicted octanol–water partition coefficient (Wildman–Crippen LogP) is 2.60. The molecule has 4 rings (SSSR count). The number of aliphatic imine (C=N–C) groups is 1. The molecule has 27 heavy (non-hydrogen) atoms. The minimum absolute atomic E-state index is 0.146. The third kappa shape index (κ3) is 3.69. The number of rotatable bonds is 6. The highest BCUT2D eigenvalue weighted by Gasteiger charge is 2.45. The molecule has 0 spiro atoms. The molecule has 140 valence electrons. The number of hydrogen-bond acceptors (Lipinski definition) is 4. The summed E-state index contributed by atoms with van der Waals surface area (Å²) in [5, 5.41) is 13.5. The molecule has 0 radical (unpaired) electrons. The maximum Gasteiger partial charge on any atom is 0.216 e.